The highest BCUT2D eigenvalue weighted by Gasteiger charge is 2.35. The molecule has 0 amide bonds. The van der Waals surface area contributed by atoms with E-state index in [2.05, 4.69) is 231 Å². The van der Waals surface area contributed by atoms with E-state index in [0.717, 1.165) is 17.1 Å². The van der Waals surface area contributed by atoms with Crippen molar-refractivity contribution in [2.24, 2.45) is 0 Å². The summed E-state index contributed by atoms with van der Waals surface area (Å²) >= 11 is 0. The largest absolute Gasteiger partial charge is 0.310 e. The Morgan fingerprint density at radius 3 is 1.55 bits per heavy atom. The van der Waals surface area contributed by atoms with Gasteiger partial charge in [-0.25, -0.2) is 0 Å². The highest BCUT2D eigenvalue weighted by atomic mass is 15.1. The molecule has 0 bridgehead atoms. The van der Waals surface area contributed by atoms with E-state index in [1.165, 1.54) is 77.5 Å². The van der Waals surface area contributed by atoms with Gasteiger partial charge in [0.05, 0.1) is 0 Å². The molecule has 0 N–H and O–H groups in total. The van der Waals surface area contributed by atoms with Gasteiger partial charge in [0.15, 0.2) is 0 Å². The lowest BCUT2D eigenvalue weighted by atomic mass is 9.81. The van der Waals surface area contributed by atoms with Crippen molar-refractivity contribution in [3.8, 4) is 55.6 Å². The lowest BCUT2D eigenvalue weighted by Crippen LogP contribution is -2.14. The molecule has 9 aromatic carbocycles. The van der Waals surface area contributed by atoms with Gasteiger partial charge in [0.2, 0.25) is 0 Å². The average Bonchev–Trinajstić information content (AvgIpc) is 3.50. The third-order valence-corrected chi connectivity index (χ3v) is 11.7. The van der Waals surface area contributed by atoms with Crippen LogP contribution < -0.4 is 4.90 Å². The van der Waals surface area contributed by atoms with E-state index < -0.39 is 0 Å². The van der Waals surface area contributed by atoms with Crippen LogP contribution in [0, 0.1) is 0 Å². The molecule has 56 heavy (non-hydrogen) atoms. The van der Waals surface area contributed by atoms with E-state index in [1.54, 1.807) is 0 Å². The number of anilines is 3. The third kappa shape index (κ3) is 5.90. The molecule has 1 aliphatic carbocycles. The first-order valence-corrected chi connectivity index (χ1v) is 19.5. The van der Waals surface area contributed by atoms with E-state index in [0.29, 0.717) is 0 Å². The van der Waals surface area contributed by atoms with Crippen LogP contribution in [0.25, 0.3) is 66.4 Å². The Bertz CT molecular complexity index is 2860. The molecule has 1 nitrogen and oxygen atoms in total. The molecule has 1 heteroatoms. The minimum absolute atomic E-state index is 0.0389. The molecule has 0 unspecified atom stereocenters. The van der Waals surface area contributed by atoms with Gasteiger partial charge in [-0.3, -0.25) is 0 Å². The van der Waals surface area contributed by atoms with Gasteiger partial charge in [0, 0.05) is 22.5 Å². The van der Waals surface area contributed by atoms with Crippen LogP contribution >= 0.6 is 0 Å². The van der Waals surface area contributed by atoms with Gasteiger partial charge in [-0.2, -0.15) is 0 Å². The van der Waals surface area contributed by atoms with E-state index in [1.807, 2.05) is 0 Å². The van der Waals surface area contributed by atoms with Crippen LogP contribution in [0.4, 0.5) is 17.1 Å². The fraction of sp³-hybridized carbons (Fsp3) is 0.0545. The Hall–Kier alpha value is -6.96. The van der Waals surface area contributed by atoms with Gasteiger partial charge in [-0.1, -0.05) is 178 Å². The Labute approximate surface area is 329 Å². The van der Waals surface area contributed by atoms with E-state index in [4.69, 9.17) is 0 Å². The molecular formula is C55H41N. The van der Waals surface area contributed by atoms with Crippen molar-refractivity contribution in [3.63, 3.8) is 0 Å². The lowest BCUT2D eigenvalue weighted by molar-refractivity contribution is 0.660. The summed E-state index contributed by atoms with van der Waals surface area (Å²) < 4.78 is 0. The van der Waals surface area contributed by atoms with Crippen molar-refractivity contribution in [2.45, 2.75) is 19.3 Å². The predicted molar refractivity (Wildman–Crippen MR) is 238 cm³/mol. The highest BCUT2D eigenvalue weighted by Crippen LogP contribution is 2.49. The molecule has 0 saturated carbocycles. The number of rotatable bonds is 7. The van der Waals surface area contributed by atoms with Crippen LogP contribution in [0.3, 0.4) is 0 Å². The minimum Gasteiger partial charge on any atom is -0.310 e. The van der Waals surface area contributed by atoms with Gasteiger partial charge in [-0.05, 0) is 126 Å². The molecule has 0 aliphatic heterocycles. The fourth-order valence-electron chi connectivity index (χ4n) is 8.74. The Balaban J connectivity index is 1.04. The predicted octanol–water partition coefficient (Wildman–Crippen LogP) is 15.3. The van der Waals surface area contributed by atoms with Crippen LogP contribution in [0.1, 0.15) is 25.0 Å². The normalized spacial score (nSPS) is 12.6. The molecule has 0 saturated heterocycles. The van der Waals surface area contributed by atoms with Crippen LogP contribution in [-0.4, -0.2) is 0 Å². The maximum Gasteiger partial charge on any atom is 0.0467 e. The second-order valence-electron chi connectivity index (χ2n) is 15.4. The zero-order valence-electron chi connectivity index (χ0n) is 31.7. The first-order chi connectivity index (χ1) is 27.5. The Morgan fingerprint density at radius 2 is 0.804 bits per heavy atom. The number of hydrogen-bond acceptors (Lipinski definition) is 1. The zero-order chi connectivity index (χ0) is 37.6. The van der Waals surface area contributed by atoms with Crippen molar-refractivity contribution < 1.29 is 0 Å². The quantitative estimate of drug-likeness (QED) is 0.159. The monoisotopic (exact) mass is 715 g/mol. The second kappa shape index (κ2) is 13.7. The number of fused-ring (bicyclic) bond motifs is 4. The Morgan fingerprint density at radius 1 is 0.304 bits per heavy atom. The lowest BCUT2D eigenvalue weighted by Gasteiger charge is -2.27. The van der Waals surface area contributed by atoms with Crippen LogP contribution in [-0.2, 0) is 5.41 Å². The topological polar surface area (TPSA) is 3.24 Å². The van der Waals surface area contributed by atoms with Crippen molar-refractivity contribution in [1.29, 1.82) is 0 Å². The van der Waals surface area contributed by atoms with E-state index in [-0.39, 0.29) is 5.41 Å². The van der Waals surface area contributed by atoms with Crippen molar-refractivity contribution in [1.82, 2.24) is 0 Å². The first-order valence-electron chi connectivity index (χ1n) is 19.5. The smallest absolute Gasteiger partial charge is 0.0467 e. The summed E-state index contributed by atoms with van der Waals surface area (Å²) in [5.74, 6) is 0. The summed E-state index contributed by atoms with van der Waals surface area (Å²) in [6.07, 6.45) is 0. The molecule has 9 aromatic rings. The number of nitrogens with zero attached hydrogens (tertiary/aromatic N) is 1. The molecule has 0 heterocycles. The summed E-state index contributed by atoms with van der Waals surface area (Å²) in [7, 11) is 0. The molecular weight excluding hydrogens is 675 g/mol. The molecule has 266 valence electrons. The van der Waals surface area contributed by atoms with E-state index >= 15 is 0 Å². The third-order valence-electron chi connectivity index (χ3n) is 11.7. The molecule has 1 aliphatic rings. The molecule has 0 atom stereocenters. The van der Waals surface area contributed by atoms with Crippen LogP contribution in [0.2, 0.25) is 0 Å². The average molecular weight is 716 g/mol. The van der Waals surface area contributed by atoms with Gasteiger partial charge in [0.25, 0.3) is 0 Å². The fourth-order valence-corrected chi connectivity index (χ4v) is 8.74. The molecule has 0 spiro atoms. The molecule has 0 radical (unpaired) electrons. The molecule has 0 fully saturated rings. The first kappa shape index (κ1) is 33.6. The van der Waals surface area contributed by atoms with Crippen LogP contribution in [0.15, 0.2) is 212 Å². The number of benzene rings is 9. The number of hydrogen-bond donors (Lipinski definition) is 0. The zero-order valence-corrected chi connectivity index (χ0v) is 31.7. The molecule has 10 rings (SSSR count). The van der Waals surface area contributed by atoms with E-state index in [9.17, 15) is 0 Å². The SMILES string of the molecule is CC1(C)c2ccccc2-c2ccc(-c3ccc(N(c4ccc(-c5cccc(-c6ccccc6)c5)cc4)c4cccc(-c5cccc6ccccc56)c4)cc3)cc21. The summed E-state index contributed by atoms with van der Waals surface area (Å²) in [5, 5.41) is 2.50. The van der Waals surface area contributed by atoms with Gasteiger partial charge in [0.1, 0.15) is 0 Å². The summed E-state index contributed by atoms with van der Waals surface area (Å²) in [6, 6.07) is 77.5. The van der Waals surface area contributed by atoms with Gasteiger partial charge < -0.3 is 4.90 Å². The van der Waals surface area contributed by atoms with Gasteiger partial charge >= 0.3 is 0 Å². The Kier molecular flexibility index (Phi) is 8.23. The summed E-state index contributed by atoms with van der Waals surface area (Å²) in [5.41, 5.74) is 18.5. The summed E-state index contributed by atoms with van der Waals surface area (Å²) in [6.45, 7) is 4.69. The molecule has 0 aromatic heterocycles. The minimum atomic E-state index is -0.0389. The maximum atomic E-state index is 2.40. The summed E-state index contributed by atoms with van der Waals surface area (Å²) in [4.78, 5) is 2.38. The second-order valence-corrected chi connectivity index (χ2v) is 15.4. The van der Waals surface area contributed by atoms with Crippen LogP contribution in [0.5, 0.6) is 0 Å². The standard InChI is InChI=1S/C55H41N/c1-55(2)53-24-9-8-22-51(53)52-34-29-44(37-54(52)55)40-27-32-47(33-28-40)56(48-20-11-19-45(36-48)50-23-12-16-41-15-6-7-21-49(41)50)46-30-25-39(26-31-46)43-18-10-17-42(35-43)38-13-4-3-5-14-38/h3-37H,1-2H3. The maximum absolute atomic E-state index is 2.40. The van der Waals surface area contributed by atoms with Crippen molar-refractivity contribution in [2.75, 3.05) is 4.90 Å². The van der Waals surface area contributed by atoms with Gasteiger partial charge in [-0.15, -0.1) is 0 Å². The highest BCUT2D eigenvalue weighted by molar-refractivity contribution is 5.97. The van der Waals surface area contributed by atoms with Crippen molar-refractivity contribution in [3.05, 3.63) is 223 Å². The van der Waals surface area contributed by atoms with Crippen molar-refractivity contribution >= 4 is 27.8 Å².